The number of carbonyl (C=O) groups excluding carboxylic acids is 1. The number of aromatic nitrogens is 2. The number of para-hydroxylation sites is 1. The largest absolute Gasteiger partial charge is 0.457 e. The molecule has 0 aliphatic heterocycles. The van der Waals surface area contributed by atoms with Crippen LogP contribution >= 0.6 is 0 Å². The molecule has 3 N–H and O–H groups in total. The Morgan fingerprint density at radius 3 is 2.27 bits per heavy atom. The molecule has 0 radical (unpaired) electrons. The summed E-state index contributed by atoms with van der Waals surface area (Å²) < 4.78 is 7.17. The first-order chi connectivity index (χ1) is 17.8. The van der Waals surface area contributed by atoms with Gasteiger partial charge in [-0.25, -0.2) is 4.79 Å². The summed E-state index contributed by atoms with van der Waals surface area (Å²) in [4.78, 5) is 43.2. The number of amides is 1. The number of hydrogen-bond acceptors (Lipinski definition) is 5. The van der Waals surface area contributed by atoms with E-state index in [9.17, 15) is 14.4 Å². The molecule has 4 rings (SSSR count). The van der Waals surface area contributed by atoms with Crippen molar-refractivity contribution >= 4 is 17.4 Å². The number of anilines is 2. The third kappa shape index (κ3) is 6.16. The quantitative estimate of drug-likeness (QED) is 0.349. The van der Waals surface area contributed by atoms with Gasteiger partial charge in [-0.15, -0.1) is 0 Å². The minimum atomic E-state index is -0.708. The molecule has 37 heavy (non-hydrogen) atoms. The summed E-state index contributed by atoms with van der Waals surface area (Å²) in [5, 5.41) is 0. The molecule has 3 aromatic carbocycles. The number of benzene rings is 3. The fourth-order valence-electron chi connectivity index (χ4n) is 3.94. The zero-order valence-electron chi connectivity index (χ0n) is 20.9. The molecule has 0 unspecified atom stereocenters. The highest BCUT2D eigenvalue weighted by atomic mass is 16.5. The Kier molecular flexibility index (Phi) is 7.88. The molecular formula is C29H30N4O4. The topological polar surface area (TPSA) is 110 Å². The zero-order valence-corrected chi connectivity index (χ0v) is 20.9. The van der Waals surface area contributed by atoms with Crippen LogP contribution in [0, 0.1) is 5.92 Å². The lowest BCUT2D eigenvalue weighted by atomic mass is 10.1. The van der Waals surface area contributed by atoms with Crippen LogP contribution in [0.25, 0.3) is 0 Å². The second kappa shape index (κ2) is 11.4. The van der Waals surface area contributed by atoms with Crippen molar-refractivity contribution in [1.82, 2.24) is 9.55 Å². The van der Waals surface area contributed by atoms with Crippen molar-refractivity contribution in [2.45, 2.75) is 26.8 Å². The van der Waals surface area contributed by atoms with Gasteiger partial charge in [-0.3, -0.25) is 19.1 Å². The van der Waals surface area contributed by atoms with E-state index >= 15 is 0 Å². The summed E-state index contributed by atoms with van der Waals surface area (Å²) in [6, 6.07) is 25.3. The lowest BCUT2D eigenvalue weighted by Gasteiger charge is -2.25. The first kappa shape index (κ1) is 25.5. The number of nitrogens with two attached hydrogens (primary N) is 1. The Hall–Kier alpha value is -4.59. The lowest BCUT2D eigenvalue weighted by molar-refractivity contribution is 0.0985. The molecule has 4 aromatic rings. The lowest BCUT2D eigenvalue weighted by Crippen LogP contribution is -2.42. The summed E-state index contributed by atoms with van der Waals surface area (Å²) in [5.74, 6) is 0.903. The van der Waals surface area contributed by atoms with Gasteiger partial charge in [-0.2, -0.15) is 0 Å². The predicted molar refractivity (Wildman–Crippen MR) is 145 cm³/mol. The average molecular weight is 499 g/mol. The van der Waals surface area contributed by atoms with E-state index < -0.39 is 17.2 Å². The molecule has 1 amide bonds. The number of nitrogen functional groups attached to an aromatic ring is 1. The number of hydrogen-bond donors (Lipinski definition) is 2. The minimum Gasteiger partial charge on any atom is -0.457 e. The minimum absolute atomic E-state index is 0.0458. The zero-order chi connectivity index (χ0) is 26.4. The molecule has 190 valence electrons. The third-order valence-corrected chi connectivity index (χ3v) is 5.90. The first-order valence-electron chi connectivity index (χ1n) is 12.1. The molecule has 1 aromatic heterocycles. The Morgan fingerprint density at radius 1 is 0.946 bits per heavy atom. The van der Waals surface area contributed by atoms with E-state index in [2.05, 4.69) is 4.98 Å². The molecule has 0 saturated heterocycles. The molecule has 8 nitrogen and oxygen atoms in total. The number of ether oxygens (including phenoxy) is 1. The highest BCUT2D eigenvalue weighted by Crippen LogP contribution is 2.25. The van der Waals surface area contributed by atoms with Crippen LogP contribution < -0.4 is 26.6 Å². The number of aromatic amines is 1. The Balaban J connectivity index is 1.74. The van der Waals surface area contributed by atoms with Crippen molar-refractivity contribution in [3.8, 4) is 11.5 Å². The second-order valence-electron chi connectivity index (χ2n) is 9.15. The molecular weight excluding hydrogens is 468 g/mol. The first-order valence-corrected chi connectivity index (χ1v) is 12.1. The summed E-state index contributed by atoms with van der Waals surface area (Å²) in [7, 11) is 0. The standard InChI is InChI=1S/C29H30N4O4/c1-20(2)16-17-32(28(35)22-12-9-15-24(18-22)37-23-13-7-4-8-14-23)25-26(30)33(29(36)31-27(25)34)19-21-10-5-3-6-11-21/h3-15,18,20H,16-17,19,30H2,1-2H3,(H,31,34,36). The Labute approximate surface area is 215 Å². The maximum absolute atomic E-state index is 13.8. The van der Waals surface area contributed by atoms with Crippen LogP contribution in [0.1, 0.15) is 36.2 Å². The monoisotopic (exact) mass is 498 g/mol. The molecule has 0 aliphatic rings. The van der Waals surface area contributed by atoms with Crippen LogP contribution in [-0.2, 0) is 6.54 Å². The van der Waals surface area contributed by atoms with Crippen LogP contribution in [0.5, 0.6) is 11.5 Å². The average Bonchev–Trinajstić information content (AvgIpc) is 2.89. The van der Waals surface area contributed by atoms with E-state index in [1.54, 1.807) is 24.3 Å². The highest BCUT2D eigenvalue weighted by molar-refractivity contribution is 6.07. The van der Waals surface area contributed by atoms with Gasteiger partial charge in [0.2, 0.25) is 0 Å². The van der Waals surface area contributed by atoms with Gasteiger partial charge >= 0.3 is 5.69 Å². The molecule has 0 fully saturated rings. The van der Waals surface area contributed by atoms with E-state index in [1.165, 1.54) is 9.47 Å². The maximum Gasteiger partial charge on any atom is 0.330 e. The van der Waals surface area contributed by atoms with E-state index in [0.717, 1.165) is 5.56 Å². The summed E-state index contributed by atoms with van der Waals surface area (Å²) in [5.41, 5.74) is 6.19. The molecule has 0 saturated carbocycles. The van der Waals surface area contributed by atoms with Crippen molar-refractivity contribution in [3.05, 3.63) is 117 Å². The third-order valence-electron chi connectivity index (χ3n) is 5.90. The Bertz CT molecular complexity index is 1480. The van der Waals surface area contributed by atoms with Crippen molar-refractivity contribution in [1.29, 1.82) is 0 Å². The van der Waals surface area contributed by atoms with Gasteiger partial charge in [-0.05, 0) is 48.2 Å². The van der Waals surface area contributed by atoms with E-state index in [1.807, 2.05) is 74.5 Å². The maximum atomic E-state index is 13.8. The van der Waals surface area contributed by atoms with E-state index in [4.69, 9.17) is 10.5 Å². The van der Waals surface area contributed by atoms with Gasteiger partial charge in [0, 0.05) is 12.1 Å². The van der Waals surface area contributed by atoms with Crippen LogP contribution in [-0.4, -0.2) is 22.0 Å². The normalized spacial score (nSPS) is 10.9. The number of H-pyrrole nitrogens is 1. The summed E-state index contributed by atoms with van der Waals surface area (Å²) in [6.07, 6.45) is 0.628. The van der Waals surface area contributed by atoms with Crippen LogP contribution in [0.4, 0.5) is 11.5 Å². The number of nitrogens with one attached hydrogen (secondary N) is 1. The van der Waals surface area contributed by atoms with Crippen LogP contribution in [0.15, 0.2) is 94.5 Å². The fraction of sp³-hybridized carbons (Fsp3) is 0.207. The van der Waals surface area contributed by atoms with Crippen molar-refractivity contribution in [2.24, 2.45) is 5.92 Å². The Morgan fingerprint density at radius 2 is 1.59 bits per heavy atom. The fourth-order valence-corrected chi connectivity index (χ4v) is 3.94. The van der Waals surface area contributed by atoms with Gasteiger partial charge in [0.05, 0.1) is 6.54 Å². The summed E-state index contributed by atoms with van der Waals surface area (Å²) >= 11 is 0. The smallest absolute Gasteiger partial charge is 0.330 e. The second-order valence-corrected chi connectivity index (χ2v) is 9.15. The molecule has 1 heterocycles. The van der Waals surface area contributed by atoms with Gasteiger partial charge in [-0.1, -0.05) is 68.4 Å². The van der Waals surface area contributed by atoms with Crippen molar-refractivity contribution < 1.29 is 9.53 Å². The molecule has 0 bridgehead atoms. The van der Waals surface area contributed by atoms with Gasteiger partial charge in [0.1, 0.15) is 17.3 Å². The van der Waals surface area contributed by atoms with Crippen molar-refractivity contribution in [2.75, 3.05) is 17.2 Å². The van der Waals surface area contributed by atoms with Crippen molar-refractivity contribution in [3.63, 3.8) is 0 Å². The van der Waals surface area contributed by atoms with Crippen LogP contribution in [0.3, 0.4) is 0 Å². The predicted octanol–water partition coefficient (Wildman–Crippen LogP) is 4.65. The number of carbonyl (C=O) groups is 1. The van der Waals surface area contributed by atoms with E-state index in [-0.39, 0.29) is 30.5 Å². The number of nitrogens with zero attached hydrogens (tertiary/aromatic N) is 2. The van der Waals surface area contributed by atoms with Gasteiger partial charge < -0.3 is 15.4 Å². The SMILES string of the molecule is CC(C)CCN(C(=O)c1cccc(Oc2ccccc2)c1)c1c(N)n(Cc2ccccc2)c(=O)[nH]c1=O. The highest BCUT2D eigenvalue weighted by Gasteiger charge is 2.26. The molecule has 0 aliphatic carbocycles. The van der Waals surface area contributed by atoms with Gasteiger partial charge in [0.15, 0.2) is 5.69 Å². The number of rotatable bonds is 9. The molecule has 0 spiro atoms. The van der Waals surface area contributed by atoms with Crippen LogP contribution in [0.2, 0.25) is 0 Å². The molecule has 0 atom stereocenters. The van der Waals surface area contributed by atoms with E-state index in [0.29, 0.717) is 23.5 Å². The summed E-state index contributed by atoms with van der Waals surface area (Å²) in [6.45, 7) is 4.46. The molecule has 8 heteroatoms. The van der Waals surface area contributed by atoms with Gasteiger partial charge in [0.25, 0.3) is 11.5 Å².